The van der Waals surface area contributed by atoms with E-state index < -0.39 is 11.4 Å². The van der Waals surface area contributed by atoms with Crippen LogP contribution in [0.5, 0.6) is 0 Å². The van der Waals surface area contributed by atoms with E-state index in [-0.39, 0.29) is 12.5 Å². The van der Waals surface area contributed by atoms with E-state index in [4.69, 9.17) is 5.11 Å². The summed E-state index contributed by atoms with van der Waals surface area (Å²) in [5.74, 6) is -0.920. The Morgan fingerprint density at radius 3 is 2.76 bits per heavy atom. The van der Waals surface area contributed by atoms with Crippen LogP contribution in [0.2, 0.25) is 0 Å². The summed E-state index contributed by atoms with van der Waals surface area (Å²) in [5, 5.41) is 10.9. The number of carboxylic acids is 1. The van der Waals surface area contributed by atoms with Gasteiger partial charge in [0.25, 0.3) is 5.91 Å². The van der Waals surface area contributed by atoms with Gasteiger partial charge >= 0.3 is 5.97 Å². The van der Waals surface area contributed by atoms with Crippen molar-refractivity contribution in [3.8, 4) is 0 Å². The standard InChI is InChI=1S/C11H12BrNO3S/c1-11(10(15)16)2-3-13(6-11)9(14)7-4-8(12)17-5-7/h4-5H,2-3,6H2,1H3,(H,15,16). The number of thiophene rings is 1. The lowest BCUT2D eigenvalue weighted by Gasteiger charge is -2.19. The summed E-state index contributed by atoms with van der Waals surface area (Å²) in [6, 6.07) is 1.77. The quantitative estimate of drug-likeness (QED) is 0.911. The summed E-state index contributed by atoms with van der Waals surface area (Å²) in [4.78, 5) is 24.8. The first kappa shape index (κ1) is 12.6. The van der Waals surface area contributed by atoms with Gasteiger partial charge < -0.3 is 10.0 Å². The molecule has 17 heavy (non-hydrogen) atoms. The Bertz CT molecular complexity index is 473. The molecule has 0 aromatic carbocycles. The van der Waals surface area contributed by atoms with Crippen LogP contribution in [0.4, 0.5) is 0 Å². The van der Waals surface area contributed by atoms with Crippen LogP contribution in [0, 0.1) is 5.41 Å². The van der Waals surface area contributed by atoms with Crippen LogP contribution >= 0.6 is 27.3 Å². The third-order valence-electron chi connectivity index (χ3n) is 3.09. The molecule has 1 amide bonds. The fraction of sp³-hybridized carbons (Fsp3) is 0.455. The van der Waals surface area contributed by atoms with Gasteiger partial charge in [-0.05, 0) is 35.3 Å². The van der Waals surface area contributed by atoms with Crippen molar-refractivity contribution in [2.45, 2.75) is 13.3 Å². The molecule has 6 heteroatoms. The Labute approximate surface area is 111 Å². The molecule has 1 aliphatic heterocycles. The van der Waals surface area contributed by atoms with Gasteiger partial charge in [0.2, 0.25) is 0 Å². The molecule has 0 saturated carbocycles. The van der Waals surface area contributed by atoms with Gasteiger partial charge in [-0.1, -0.05) is 0 Å². The first-order valence-corrected chi connectivity index (χ1v) is 6.86. The SMILES string of the molecule is CC1(C(=O)O)CCN(C(=O)c2csc(Br)c2)C1. The average molecular weight is 318 g/mol. The number of hydrogen-bond acceptors (Lipinski definition) is 3. The van der Waals surface area contributed by atoms with E-state index in [0.29, 0.717) is 18.5 Å². The van der Waals surface area contributed by atoms with Crippen molar-refractivity contribution >= 4 is 39.1 Å². The minimum absolute atomic E-state index is 0.0862. The summed E-state index contributed by atoms with van der Waals surface area (Å²) in [7, 11) is 0. The third kappa shape index (κ3) is 2.37. The molecule has 1 fully saturated rings. The molecule has 0 radical (unpaired) electrons. The normalized spacial score (nSPS) is 24.0. The minimum atomic E-state index is -0.834. The smallest absolute Gasteiger partial charge is 0.311 e. The highest BCUT2D eigenvalue weighted by molar-refractivity contribution is 9.11. The second-order valence-corrected chi connectivity index (χ2v) is 6.77. The Morgan fingerprint density at radius 2 is 2.29 bits per heavy atom. The van der Waals surface area contributed by atoms with Gasteiger partial charge in [-0.15, -0.1) is 11.3 Å². The van der Waals surface area contributed by atoms with Crippen molar-refractivity contribution in [1.29, 1.82) is 0 Å². The van der Waals surface area contributed by atoms with Gasteiger partial charge in [-0.25, -0.2) is 0 Å². The number of rotatable bonds is 2. The van der Waals surface area contributed by atoms with E-state index in [1.54, 1.807) is 23.3 Å². The molecule has 2 rings (SSSR count). The molecule has 0 bridgehead atoms. The van der Waals surface area contributed by atoms with E-state index in [9.17, 15) is 9.59 Å². The largest absolute Gasteiger partial charge is 0.481 e. The van der Waals surface area contributed by atoms with Crippen molar-refractivity contribution in [1.82, 2.24) is 4.90 Å². The van der Waals surface area contributed by atoms with Crippen molar-refractivity contribution in [2.24, 2.45) is 5.41 Å². The van der Waals surface area contributed by atoms with E-state index in [1.807, 2.05) is 0 Å². The van der Waals surface area contributed by atoms with Crippen LogP contribution in [0.1, 0.15) is 23.7 Å². The highest BCUT2D eigenvalue weighted by atomic mass is 79.9. The summed E-state index contributed by atoms with van der Waals surface area (Å²) < 4.78 is 0.904. The first-order chi connectivity index (χ1) is 7.92. The van der Waals surface area contributed by atoms with Crippen molar-refractivity contribution in [3.05, 3.63) is 20.8 Å². The number of nitrogens with zero attached hydrogens (tertiary/aromatic N) is 1. The van der Waals surface area contributed by atoms with Crippen molar-refractivity contribution in [3.63, 3.8) is 0 Å². The van der Waals surface area contributed by atoms with E-state index >= 15 is 0 Å². The number of aliphatic carboxylic acids is 1. The molecule has 1 unspecified atom stereocenters. The fourth-order valence-electron chi connectivity index (χ4n) is 1.91. The van der Waals surface area contributed by atoms with Crippen LogP contribution < -0.4 is 0 Å². The maximum Gasteiger partial charge on any atom is 0.311 e. The van der Waals surface area contributed by atoms with Crippen LogP contribution in [0.15, 0.2) is 15.2 Å². The number of carbonyl (C=O) groups is 2. The van der Waals surface area contributed by atoms with Crippen LogP contribution in [-0.4, -0.2) is 35.0 Å². The predicted molar refractivity (Wildman–Crippen MR) is 68.3 cm³/mol. The minimum Gasteiger partial charge on any atom is -0.481 e. The van der Waals surface area contributed by atoms with Gasteiger partial charge in [0.1, 0.15) is 0 Å². The third-order valence-corrected chi connectivity index (χ3v) is 4.60. The van der Waals surface area contributed by atoms with Crippen LogP contribution in [0.3, 0.4) is 0 Å². The van der Waals surface area contributed by atoms with E-state index in [2.05, 4.69) is 15.9 Å². The number of amides is 1. The Hall–Kier alpha value is -0.880. The lowest BCUT2D eigenvalue weighted by molar-refractivity contribution is -0.147. The van der Waals surface area contributed by atoms with Gasteiger partial charge in [0, 0.05) is 18.5 Å². The van der Waals surface area contributed by atoms with Crippen molar-refractivity contribution < 1.29 is 14.7 Å². The molecule has 1 atom stereocenters. The molecule has 1 aromatic heterocycles. The van der Waals surface area contributed by atoms with Gasteiger partial charge in [0.15, 0.2) is 0 Å². The molecular formula is C11H12BrNO3S. The topological polar surface area (TPSA) is 57.6 Å². The monoisotopic (exact) mass is 317 g/mol. The number of carboxylic acid groups (broad SMARTS) is 1. The summed E-state index contributed by atoms with van der Waals surface area (Å²) in [6.07, 6.45) is 0.513. The zero-order chi connectivity index (χ0) is 12.6. The number of likely N-dealkylation sites (tertiary alicyclic amines) is 1. The second-order valence-electron chi connectivity index (χ2n) is 4.48. The van der Waals surface area contributed by atoms with E-state index in [0.717, 1.165) is 3.79 Å². The number of hydrogen-bond donors (Lipinski definition) is 1. The zero-order valence-corrected chi connectivity index (χ0v) is 11.7. The second kappa shape index (κ2) is 4.42. The molecule has 92 valence electrons. The summed E-state index contributed by atoms with van der Waals surface area (Å²) in [5.41, 5.74) is -0.181. The first-order valence-electron chi connectivity index (χ1n) is 5.19. The van der Waals surface area contributed by atoms with Crippen molar-refractivity contribution in [2.75, 3.05) is 13.1 Å². The maximum atomic E-state index is 12.1. The lowest BCUT2D eigenvalue weighted by atomic mass is 9.90. The van der Waals surface area contributed by atoms with Crippen LogP contribution in [0.25, 0.3) is 0 Å². The number of carbonyl (C=O) groups excluding carboxylic acids is 1. The Kier molecular flexibility index (Phi) is 3.27. The average Bonchev–Trinajstić information content (AvgIpc) is 2.85. The zero-order valence-electron chi connectivity index (χ0n) is 9.27. The van der Waals surface area contributed by atoms with Crippen LogP contribution in [-0.2, 0) is 4.79 Å². The van der Waals surface area contributed by atoms with Gasteiger partial charge in [-0.2, -0.15) is 0 Å². The van der Waals surface area contributed by atoms with Gasteiger partial charge in [0.05, 0.1) is 14.8 Å². The predicted octanol–water partition coefficient (Wildman–Crippen LogP) is 2.45. The fourth-order valence-corrected chi connectivity index (χ4v) is 3.04. The molecule has 0 spiro atoms. The van der Waals surface area contributed by atoms with E-state index in [1.165, 1.54) is 11.3 Å². The molecule has 2 heterocycles. The highest BCUT2D eigenvalue weighted by Gasteiger charge is 2.42. The number of halogens is 1. The molecule has 1 saturated heterocycles. The summed E-state index contributed by atoms with van der Waals surface area (Å²) >= 11 is 4.76. The highest BCUT2D eigenvalue weighted by Crippen LogP contribution is 2.32. The Morgan fingerprint density at radius 1 is 1.59 bits per heavy atom. The molecule has 4 nitrogen and oxygen atoms in total. The summed E-state index contributed by atoms with van der Waals surface area (Å²) in [6.45, 7) is 2.48. The molecule has 0 aliphatic carbocycles. The molecule has 1 N–H and O–H groups in total. The Balaban J connectivity index is 2.11. The van der Waals surface area contributed by atoms with Gasteiger partial charge in [-0.3, -0.25) is 9.59 Å². The molecule has 1 aromatic rings. The molecule has 1 aliphatic rings. The lowest BCUT2D eigenvalue weighted by Crippen LogP contribution is -2.34. The maximum absolute atomic E-state index is 12.1. The molecular weight excluding hydrogens is 306 g/mol.